The quantitative estimate of drug-likeness (QED) is 0.454. The van der Waals surface area contributed by atoms with Crippen molar-refractivity contribution >= 4 is 22.9 Å². The van der Waals surface area contributed by atoms with Gasteiger partial charge in [-0.3, -0.25) is 20.2 Å². The van der Waals surface area contributed by atoms with Gasteiger partial charge in [0.15, 0.2) is 0 Å². The molecule has 0 saturated heterocycles. The Hall–Kier alpha value is -3.17. The van der Waals surface area contributed by atoms with E-state index in [4.69, 9.17) is 0 Å². The third-order valence-corrected chi connectivity index (χ3v) is 3.20. The Morgan fingerprint density at radius 2 is 1.70 bits per heavy atom. The van der Waals surface area contributed by atoms with E-state index in [1.165, 1.54) is 16.8 Å². The maximum absolute atomic E-state index is 11.0. The average Bonchev–Trinajstić information content (AvgIpc) is 2.78. The van der Waals surface area contributed by atoms with Crippen molar-refractivity contribution in [3.63, 3.8) is 0 Å². The van der Waals surface area contributed by atoms with E-state index in [9.17, 15) is 20.2 Å². The SMILES string of the molecule is Cc1nn(C)c(NCCNc2ccc([N+](=O)[O-])cc2)c1[N+](=O)[O-]. The number of rotatable bonds is 7. The molecule has 1 heterocycles. The Morgan fingerprint density at radius 1 is 1.09 bits per heavy atom. The highest BCUT2D eigenvalue weighted by Gasteiger charge is 2.23. The molecule has 23 heavy (non-hydrogen) atoms. The van der Waals surface area contributed by atoms with Crippen LogP contribution in [0.4, 0.5) is 22.9 Å². The van der Waals surface area contributed by atoms with E-state index < -0.39 is 9.85 Å². The second-order valence-corrected chi connectivity index (χ2v) is 4.82. The van der Waals surface area contributed by atoms with Crippen LogP contribution in [0.15, 0.2) is 24.3 Å². The van der Waals surface area contributed by atoms with Gasteiger partial charge in [-0.1, -0.05) is 0 Å². The van der Waals surface area contributed by atoms with Crippen LogP contribution < -0.4 is 10.6 Å². The summed E-state index contributed by atoms with van der Waals surface area (Å²) in [6.07, 6.45) is 0. The summed E-state index contributed by atoms with van der Waals surface area (Å²) in [7, 11) is 1.63. The molecule has 1 aromatic carbocycles. The highest BCUT2D eigenvalue weighted by atomic mass is 16.6. The Labute approximate surface area is 131 Å². The second kappa shape index (κ2) is 6.73. The molecule has 0 amide bonds. The molecule has 0 saturated carbocycles. The molecule has 0 aliphatic carbocycles. The van der Waals surface area contributed by atoms with Crippen molar-refractivity contribution in [1.29, 1.82) is 0 Å². The largest absolute Gasteiger partial charge is 0.383 e. The van der Waals surface area contributed by atoms with Crippen LogP contribution in [0.5, 0.6) is 0 Å². The van der Waals surface area contributed by atoms with Gasteiger partial charge in [0.05, 0.1) is 9.85 Å². The summed E-state index contributed by atoms with van der Waals surface area (Å²) in [4.78, 5) is 20.7. The maximum Gasteiger partial charge on any atom is 0.333 e. The number of nitro benzene ring substituents is 1. The summed E-state index contributed by atoms with van der Waals surface area (Å²) < 4.78 is 1.43. The Balaban J connectivity index is 1.91. The molecule has 0 spiro atoms. The summed E-state index contributed by atoms with van der Waals surface area (Å²) in [5.41, 5.74) is 1.06. The van der Waals surface area contributed by atoms with Gasteiger partial charge < -0.3 is 10.6 Å². The number of non-ortho nitro benzene ring substituents is 1. The number of aryl methyl sites for hydroxylation is 2. The highest BCUT2D eigenvalue weighted by Crippen LogP contribution is 2.26. The smallest absolute Gasteiger partial charge is 0.333 e. The monoisotopic (exact) mass is 320 g/mol. The fourth-order valence-corrected chi connectivity index (χ4v) is 2.15. The number of anilines is 2. The van der Waals surface area contributed by atoms with Gasteiger partial charge in [-0.05, 0) is 19.1 Å². The highest BCUT2D eigenvalue weighted by molar-refractivity contribution is 5.59. The van der Waals surface area contributed by atoms with Gasteiger partial charge in [0.25, 0.3) is 5.69 Å². The maximum atomic E-state index is 11.0. The van der Waals surface area contributed by atoms with Crippen LogP contribution >= 0.6 is 0 Å². The second-order valence-electron chi connectivity index (χ2n) is 4.82. The predicted molar refractivity (Wildman–Crippen MR) is 84.7 cm³/mol. The molecular formula is C13H16N6O4. The van der Waals surface area contributed by atoms with Gasteiger partial charge in [0.1, 0.15) is 5.69 Å². The lowest BCUT2D eigenvalue weighted by Crippen LogP contribution is -2.16. The van der Waals surface area contributed by atoms with Crippen LogP contribution in [0.2, 0.25) is 0 Å². The fourth-order valence-electron chi connectivity index (χ4n) is 2.15. The molecule has 0 unspecified atom stereocenters. The minimum Gasteiger partial charge on any atom is -0.383 e. The minimum atomic E-state index is -0.464. The molecule has 0 atom stereocenters. The zero-order chi connectivity index (χ0) is 17.0. The van der Waals surface area contributed by atoms with E-state index in [2.05, 4.69) is 15.7 Å². The van der Waals surface area contributed by atoms with Gasteiger partial charge in [-0.2, -0.15) is 5.10 Å². The van der Waals surface area contributed by atoms with E-state index in [0.717, 1.165) is 5.69 Å². The normalized spacial score (nSPS) is 10.3. The van der Waals surface area contributed by atoms with Crippen molar-refractivity contribution in [3.05, 3.63) is 50.2 Å². The molecule has 0 fully saturated rings. The first-order valence-corrected chi connectivity index (χ1v) is 6.80. The fraction of sp³-hybridized carbons (Fsp3) is 0.308. The van der Waals surface area contributed by atoms with Crippen molar-refractivity contribution in [2.24, 2.45) is 7.05 Å². The molecule has 0 aliphatic heterocycles. The van der Waals surface area contributed by atoms with E-state index in [1.54, 1.807) is 26.1 Å². The van der Waals surface area contributed by atoms with E-state index in [0.29, 0.717) is 24.6 Å². The van der Waals surface area contributed by atoms with Crippen LogP contribution in [0.25, 0.3) is 0 Å². The summed E-state index contributed by atoms with van der Waals surface area (Å²) in [5.74, 6) is 0.345. The standard InChI is InChI=1S/C13H16N6O4/c1-9-12(19(22)23)13(17(2)16-9)15-8-7-14-10-3-5-11(6-4-10)18(20)21/h3-6,14-15H,7-8H2,1-2H3. The number of nitrogens with one attached hydrogen (secondary N) is 2. The van der Waals surface area contributed by atoms with Crippen molar-refractivity contribution in [2.75, 3.05) is 23.7 Å². The topological polar surface area (TPSA) is 128 Å². The number of nitro groups is 2. The van der Waals surface area contributed by atoms with E-state index >= 15 is 0 Å². The average molecular weight is 320 g/mol. The zero-order valence-corrected chi connectivity index (χ0v) is 12.6. The molecule has 0 aliphatic rings. The first kappa shape index (κ1) is 16.2. The van der Waals surface area contributed by atoms with Crippen molar-refractivity contribution in [3.8, 4) is 0 Å². The minimum absolute atomic E-state index is 0.0228. The Bertz CT molecular complexity index is 725. The Morgan fingerprint density at radius 3 is 2.26 bits per heavy atom. The molecule has 0 bridgehead atoms. The summed E-state index contributed by atoms with van der Waals surface area (Å²) in [5, 5.41) is 31.7. The molecule has 122 valence electrons. The van der Waals surface area contributed by atoms with Gasteiger partial charge in [0, 0.05) is 38.0 Å². The van der Waals surface area contributed by atoms with Crippen molar-refractivity contribution in [2.45, 2.75) is 6.92 Å². The molecule has 2 aromatic rings. The third-order valence-electron chi connectivity index (χ3n) is 3.20. The van der Waals surface area contributed by atoms with Gasteiger partial charge in [-0.15, -0.1) is 0 Å². The van der Waals surface area contributed by atoms with Crippen LogP contribution in [-0.4, -0.2) is 32.7 Å². The third kappa shape index (κ3) is 3.73. The van der Waals surface area contributed by atoms with Crippen LogP contribution in [-0.2, 0) is 7.05 Å². The summed E-state index contributed by atoms with van der Waals surface area (Å²) in [6, 6.07) is 6.03. The number of aromatic nitrogens is 2. The first-order valence-electron chi connectivity index (χ1n) is 6.80. The molecule has 2 N–H and O–H groups in total. The number of nitrogens with zero attached hydrogens (tertiary/aromatic N) is 4. The Kier molecular flexibility index (Phi) is 4.74. The molecule has 10 heteroatoms. The van der Waals surface area contributed by atoms with Crippen LogP contribution in [0.3, 0.4) is 0 Å². The summed E-state index contributed by atoms with van der Waals surface area (Å²) >= 11 is 0. The van der Waals surface area contributed by atoms with E-state index in [-0.39, 0.29) is 11.4 Å². The molecule has 0 radical (unpaired) electrons. The van der Waals surface area contributed by atoms with E-state index in [1.807, 2.05) is 0 Å². The number of benzene rings is 1. The molecule has 10 nitrogen and oxygen atoms in total. The van der Waals surface area contributed by atoms with Gasteiger partial charge >= 0.3 is 5.69 Å². The van der Waals surface area contributed by atoms with Gasteiger partial charge in [-0.25, -0.2) is 4.68 Å². The number of hydrogen-bond donors (Lipinski definition) is 2. The molecule has 2 rings (SSSR count). The lowest BCUT2D eigenvalue weighted by atomic mass is 10.3. The molecular weight excluding hydrogens is 304 g/mol. The van der Waals surface area contributed by atoms with Gasteiger partial charge in [0.2, 0.25) is 5.82 Å². The van der Waals surface area contributed by atoms with Crippen LogP contribution in [0, 0.1) is 27.2 Å². The summed E-state index contributed by atoms with van der Waals surface area (Å²) in [6.45, 7) is 2.49. The first-order chi connectivity index (χ1) is 10.9. The van der Waals surface area contributed by atoms with Crippen LogP contribution in [0.1, 0.15) is 5.69 Å². The molecule has 1 aromatic heterocycles. The predicted octanol–water partition coefficient (Wildman–Crippen LogP) is 2.07. The van der Waals surface area contributed by atoms with Crippen molar-refractivity contribution in [1.82, 2.24) is 9.78 Å². The van der Waals surface area contributed by atoms with Crippen molar-refractivity contribution < 1.29 is 9.85 Å². The zero-order valence-electron chi connectivity index (χ0n) is 12.6. The number of hydrogen-bond acceptors (Lipinski definition) is 7. The lowest BCUT2D eigenvalue weighted by molar-refractivity contribution is -0.384. The lowest BCUT2D eigenvalue weighted by Gasteiger charge is -2.08.